The number of nitrogens with zero attached hydrogens (tertiary/aromatic N) is 2. The first-order valence-corrected chi connectivity index (χ1v) is 8.83. The monoisotopic (exact) mass is 346 g/mol. The van der Waals surface area contributed by atoms with E-state index in [0.29, 0.717) is 43.6 Å². The largest absolute Gasteiger partial charge is 0.481 e. The number of aliphatic carboxylic acids is 1. The minimum atomic E-state index is -0.856. The topological polar surface area (TPSA) is 77.9 Å². The minimum absolute atomic E-state index is 0.0544. The first-order chi connectivity index (χ1) is 11.9. The number of carbonyl (C=O) groups is 3. The van der Waals surface area contributed by atoms with E-state index in [9.17, 15) is 19.5 Å². The number of hydrogen-bond acceptors (Lipinski definition) is 3. The molecule has 2 atom stereocenters. The molecule has 1 aliphatic rings. The summed E-state index contributed by atoms with van der Waals surface area (Å²) in [6.45, 7) is 7.47. The van der Waals surface area contributed by atoms with Gasteiger partial charge in [0, 0.05) is 36.8 Å². The van der Waals surface area contributed by atoms with Gasteiger partial charge in [0.05, 0.1) is 5.92 Å². The molecule has 0 saturated carbocycles. The number of benzene rings is 1. The Kier molecular flexibility index (Phi) is 6.17. The Hall–Kier alpha value is -2.37. The molecular weight excluding hydrogens is 320 g/mol. The summed E-state index contributed by atoms with van der Waals surface area (Å²) in [7, 11) is 0. The Balaban J connectivity index is 2.15. The highest BCUT2D eigenvalue weighted by Crippen LogP contribution is 2.25. The molecule has 1 aromatic carbocycles. The van der Waals surface area contributed by atoms with E-state index in [0.717, 1.165) is 0 Å². The van der Waals surface area contributed by atoms with Gasteiger partial charge in [-0.05, 0) is 57.9 Å². The molecule has 2 amide bonds. The van der Waals surface area contributed by atoms with Crippen molar-refractivity contribution in [3.63, 3.8) is 0 Å². The van der Waals surface area contributed by atoms with Crippen molar-refractivity contribution >= 4 is 17.8 Å². The van der Waals surface area contributed by atoms with E-state index in [1.54, 1.807) is 41.0 Å². The highest BCUT2D eigenvalue weighted by molar-refractivity contribution is 5.98. The van der Waals surface area contributed by atoms with Gasteiger partial charge in [0.25, 0.3) is 11.8 Å². The molecule has 0 spiro atoms. The van der Waals surface area contributed by atoms with E-state index in [-0.39, 0.29) is 17.9 Å². The lowest BCUT2D eigenvalue weighted by Crippen LogP contribution is -2.49. The maximum atomic E-state index is 12.7. The fourth-order valence-corrected chi connectivity index (χ4v) is 3.37. The summed E-state index contributed by atoms with van der Waals surface area (Å²) in [5.41, 5.74) is 1.03. The zero-order valence-electron chi connectivity index (χ0n) is 15.1. The molecule has 0 unspecified atom stereocenters. The molecule has 0 aromatic heterocycles. The Bertz CT molecular complexity index is 637. The fourth-order valence-electron chi connectivity index (χ4n) is 3.37. The van der Waals surface area contributed by atoms with Gasteiger partial charge in [-0.15, -0.1) is 0 Å². The molecule has 136 valence electrons. The van der Waals surface area contributed by atoms with E-state index < -0.39 is 11.9 Å². The van der Waals surface area contributed by atoms with Crippen molar-refractivity contribution in [3.8, 4) is 0 Å². The van der Waals surface area contributed by atoms with Gasteiger partial charge in [0.1, 0.15) is 0 Å². The van der Waals surface area contributed by atoms with Crippen molar-refractivity contribution in [2.75, 3.05) is 19.6 Å². The third-order valence-electron chi connectivity index (χ3n) is 5.00. The Labute approximate surface area is 148 Å². The summed E-state index contributed by atoms with van der Waals surface area (Å²) < 4.78 is 0. The maximum absolute atomic E-state index is 12.7. The second kappa shape index (κ2) is 8.14. The second-order valence-electron chi connectivity index (χ2n) is 6.38. The van der Waals surface area contributed by atoms with Crippen LogP contribution in [0.2, 0.25) is 0 Å². The summed E-state index contributed by atoms with van der Waals surface area (Å²) in [4.78, 5) is 39.7. The molecule has 1 aliphatic heterocycles. The molecule has 2 rings (SSSR count). The van der Waals surface area contributed by atoms with Crippen LogP contribution < -0.4 is 0 Å². The van der Waals surface area contributed by atoms with Gasteiger partial charge in [-0.3, -0.25) is 14.4 Å². The summed E-state index contributed by atoms with van der Waals surface area (Å²) >= 11 is 0. The van der Waals surface area contributed by atoms with Crippen LogP contribution in [-0.2, 0) is 4.79 Å². The summed E-state index contributed by atoms with van der Waals surface area (Å²) in [6, 6.07) is 6.29. The highest BCUT2D eigenvalue weighted by atomic mass is 16.4. The number of amides is 2. The van der Waals surface area contributed by atoms with Crippen LogP contribution in [0.1, 0.15) is 54.3 Å². The molecular formula is C19H26N2O4. The normalized spacial score (nSPS) is 20.2. The van der Waals surface area contributed by atoms with E-state index in [1.165, 1.54) is 0 Å². The van der Waals surface area contributed by atoms with E-state index in [4.69, 9.17) is 0 Å². The van der Waals surface area contributed by atoms with Gasteiger partial charge < -0.3 is 14.9 Å². The first-order valence-electron chi connectivity index (χ1n) is 8.83. The van der Waals surface area contributed by atoms with Crippen LogP contribution in [0.15, 0.2) is 24.3 Å². The second-order valence-corrected chi connectivity index (χ2v) is 6.38. The number of rotatable bonds is 5. The van der Waals surface area contributed by atoms with Crippen molar-refractivity contribution in [2.45, 2.75) is 39.7 Å². The maximum Gasteiger partial charge on any atom is 0.308 e. The number of piperidine rings is 1. The molecule has 0 radical (unpaired) electrons. The van der Waals surface area contributed by atoms with Crippen LogP contribution >= 0.6 is 0 Å². The average molecular weight is 346 g/mol. The molecule has 1 N–H and O–H groups in total. The Morgan fingerprint density at radius 2 is 1.68 bits per heavy atom. The third kappa shape index (κ3) is 4.00. The van der Waals surface area contributed by atoms with Crippen molar-refractivity contribution in [3.05, 3.63) is 35.4 Å². The van der Waals surface area contributed by atoms with Crippen molar-refractivity contribution in [1.82, 2.24) is 9.80 Å². The van der Waals surface area contributed by atoms with Gasteiger partial charge in [0.2, 0.25) is 0 Å². The van der Waals surface area contributed by atoms with Crippen molar-refractivity contribution < 1.29 is 19.5 Å². The number of carbonyl (C=O) groups excluding carboxylic acids is 2. The predicted molar refractivity (Wildman–Crippen MR) is 94.6 cm³/mol. The van der Waals surface area contributed by atoms with E-state index in [1.807, 2.05) is 13.8 Å². The zero-order valence-corrected chi connectivity index (χ0v) is 15.1. The van der Waals surface area contributed by atoms with Gasteiger partial charge >= 0.3 is 5.97 Å². The molecule has 0 aliphatic carbocycles. The van der Waals surface area contributed by atoms with E-state index in [2.05, 4.69) is 0 Å². The Morgan fingerprint density at radius 1 is 1.12 bits per heavy atom. The lowest BCUT2D eigenvalue weighted by molar-refractivity contribution is -0.144. The standard InChI is InChI=1S/C19H26N2O4/c1-4-20(5-2)17(22)14-8-10-15(11-9-14)18(23)21-12-6-7-16(13(21)3)19(24)25/h8-11,13,16H,4-7,12H2,1-3H3,(H,24,25)/t13-,16-/m0/s1. The van der Waals surface area contributed by atoms with Crippen LogP contribution in [0.3, 0.4) is 0 Å². The lowest BCUT2D eigenvalue weighted by Gasteiger charge is -2.37. The molecule has 0 bridgehead atoms. The van der Waals surface area contributed by atoms with Crippen molar-refractivity contribution in [2.24, 2.45) is 5.92 Å². The molecule has 1 heterocycles. The third-order valence-corrected chi connectivity index (χ3v) is 5.00. The van der Waals surface area contributed by atoms with E-state index >= 15 is 0 Å². The summed E-state index contributed by atoms with van der Waals surface area (Å²) in [6.07, 6.45) is 1.28. The molecule has 1 aromatic rings. The van der Waals surface area contributed by atoms with Gasteiger partial charge in [-0.25, -0.2) is 0 Å². The number of carboxylic acids is 1. The van der Waals surface area contributed by atoms with Crippen LogP contribution in [0.25, 0.3) is 0 Å². The smallest absolute Gasteiger partial charge is 0.308 e. The van der Waals surface area contributed by atoms with Crippen LogP contribution in [0.5, 0.6) is 0 Å². The lowest BCUT2D eigenvalue weighted by atomic mass is 9.90. The number of likely N-dealkylation sites (tertiary alicyclic amines) is 1. The quantitative estimate of drug-likeness (QED) is 0.888. The van der Waals surface area contributed by atoms with Crippen LogP contribution in [0.4, 0.5) is 0 Å². The summed E-state index contributed by atoms with van der Waals surface area (Å²) in [5.74, 6) is -1.62. The highest BCUT2D eigenvalue weighted by Gasteiger charge is 2.35. The zero-order chi connectivity index (χ0) is 18.6. The van der Waals surface area contributed by atoms with Gasteiger partial charge in [-0.1, -0.05) is 0 Å². The molecule has 1 saturated heterocycles. The number of carboxylic acid groups (broad SMARTS) is 1. The SMILES string of the molecule is CCN(CC)C(=O)c1ccc(C(=O)N2CCC[C@H](C(=O)O)[C@@H]2C)cc1. The summed E-state index contributed by atoms with van der Waals surface area (Å²) in [5, 5.41) is 9.29. The molecule has 1 fully saturated rings. The minimum Gasteiger partial charge on any atom is -0.481 e. The van der Waals surface area contributed by atoms with Gasteiger partial charge in [-0.2, -0.15) is 0 Å². The predicted octanol–water partition coefficient (Wildman–Crippen LogP) is 2.49. The van der Waals surface area contributed by atoms with Crippen LogP contribution in [0, 0.1) is 5.92 Å². The van der Waals surface area contributed by atoms with Gasteiger partial charge in [0.15, 0.2) is 0 Å². The fraction of sp³-hybridized carbons (Fsp3) is 0.526. The molecule has 6 heteroatoms. The molecule has 25 heavy (non-hydrogen) atoms. The van der Waals surface area contributed by atoms with Crippen LogP contribution in [-0.4, -0.2) is 58.4 Å². The van der Waals surface area contributed by atoms with Crippen molar-refractivity contribution in [1.29, 1.82) is 0 Å². The number of hydrogen-bond donors (Lipinski definition) is 1. The molecule has 6 nitrogen and oxygen atoms in total. The Morgan fingerprint density at radius 3 is 2.20 bits per heavy atom. The average Bonchev–Trinajstić information content (AvgIpc) is 2.62. The first kappa shape index (κ1) is 19.0.